The van der Waals surface area contributed by atoms with Crippen molar-refractivity contribution in [3.05, 3.63) is 60.8 Å². The van der Waals surface area contributed by atoms with E-state index in [0.717, 1.165) is 83.5 Å². The summed E-state index contributed by atoms with van der Waals surface area (Å²) >= 11 is 0. The van der Waals surface area contributed by atoms with Crippen LogP contribution in [-0.4, -0.2) is 74.3 Å². The van der Waals surface area contributed by atoms with Crippen molar-refractivity contribution in [2.24, 2.45) is 0 Å². The molecule has 0 rings (SSSR count). The van der Waals surface area contributed by atoms with Crippen molar-refractivity contribution in [1.29, 1.82) is 0 Å². The standard InChI is InChI=1S/C74H139N2O7P/c1-7-10-13-16-19-22-25-28-30-32-34-36-37-38-39-41-43-45-47-49-52-55-58-61-64-67-74(78)83-72(65-62-59-56-53-50-27-24-21-18-15-12-9-3)71(70-82-84(79,80)81-69-68-76(4,5)6)75-73(77)66-63-60-57-54-51-48-46-44-42-40-35-33-31-29-26-23-20-17-14-11-8-2/h19,22,28,30,34,36,38-39,62,65,71-72H,7-18,20-21,23-27,29,31-33,35,37,40-61,63-64,66-70H2,1-6H3,(H-,75,77,79,80)/p+1/b22-19-,30-28-,36-34-,39-38-,65-62+. The van der Waals surface area contributed by atoms with Gasteiger partial charge in [0.25, 0.3) is 0 Å². The normalized spacial score (nSPS) is 13.8. The van der Waals surface area contributed by atoms with Crippen molar-refractivity contribution in [3.8, 4) is 0 Å². The van der Waals surface area contributed by atoms with Crippen LogP contribution in [0, 0.1) is 0 Å². The van der Waals surface area contributed by atoms with Crippen LogP contribution < -0.4 is 5.32 Å². The molecule has 0 aliphatic heterocycles. The molecule has 0 aromatic heterocycles. The zero-order valence-corrected chi connectivity index (χ0v) is 57.3. The quantitative estimate of drug-likeness (QED) is 0.0205. The van der Waals surface area contributed by atoms with Crippen LogP contribution in [0.15, 0.2) is 60.8 Å². The third-order valence-corrected chi connectivity index (χ3v) is 17.2. The molecule has 3 atom stereocenters. The first-order chi connectivity index (χ1) is 40.9. The number of esters is 1. The summed E-state index contributed by atoms with van der Waals surface area (Å²) in [5, 5.41) is 3.08. The topological polar surface area (TPSA) is 111 Å². The van der Waals surface area contributed by atoms with Gasteiger partial charge in [0.05, 0.1) is 33.8 Å². The number of likely N-dealkylation sites (N-methyl/N-ethyl adjacent to an activating group) is 1. The number of unbranched alkanes of at least 4 members (excludes halogenated alkanes) is 42. The smallest absolute Gasteiger partial charge is 0.456 e. The number of hydrogen-bond acceptors (Lipinski definition) is 6. The number of amides is 1. The first kappa shape index (κ1) is 81.7. The average Bonchev–Trinajstić information content (AvgIpc) is 3.64. The van der Waals surface area contributed by atoms with Gasteiger partial charge in [-0.1, -0.05) is 319 Å². The summed E-state index contributed by atoms with van der Waals surface area (Å²) < 4.78 is 30.8. The number of phosphoric ester groups is 1. The molecule has 0 fully saturated rings. The number of hydrogen-bond donors (Lipinski definition) is 2. The van der Waals surface area contributed by atoms with E-state index in [2.05, 4.69) is 74.7 Å². The Labute approximate surface area is 521 Å². The van der Waals surface area contributed by atoms with Gasteiger partial charge in [0.15, 0.2) is 0 Å². The van der Waals surface area contributed by atoms with E-state index in [1.807, 2.05) is 33.3 Å². The molecule has 1 amide bonds. The molecular formula is C74H140N2O7P+. The SMILES string of the molecule is CCCCC/C=C\C/C=C\C/C=C\C/C=C\CCCCCCCCCCCC(=O)OC(/C=C/CCCCCCCCCCCC)C(COP(=O)(O)OCC[N+](C)(C)C)NC(=O)CCCCCCCCCCCCCCCCCCCCCCC. The fraction of sp³-hybridized carbons (Fsp3) is 0.838. The van der Waals surface area contributed by atoms with Gasteiger partial charge in [0.1, 0.15) is 19.3 Å². The van der Waals surface area contributed by atoms with E-state index in [1.165, 1.54) is 231 Å². The third-order valence-electron chi connectivity index (χ3n) is 16.2. The number of ether oxygens (including phenoxy) is 1. The zero-order chi connectivity index (χ0) is 61.4. The highest BCUT2D eigenvalue weighted by Crippen LogP contribution is 2.43. The molecule has 0 aromatic rings. The second-order valence-electron chi connectivity index (χ2n) is 25.8. The summed E-state index contributed by atoms with van der Waals surface area (Å²) in [6.07, 6.45) is 82.3. The zero-order valence-electron chi connectivity index (χ0n) is 56.4. The molecule has 3 unspecified atom stereocenters. The second kappa shape index (κ2) is 63.7. The average molecular weight is 1200 g/mol. The second-order valence-corrected chi connectivity index (χ2v) is 27.2. The Morgan fingerprint density at radius 2 is 0.726 bits per heavy atom. The molecule has 0 heterocycles. The molecule has 0 saturated carbocycles. The van der Waals surface area contributed by atoms with Gasteiger partial charge >= 0.3 is 13.8 Å². The summed E-state index contributed by atoms with van der Waals surface area (Å²) in [5.74, 6) is -0.497. The molecule has 0 aromatic carbocycles. The Hall–Kier alpha value is -2.29. The number of nitrogens with one attached hydrogen (secondary N) is 1. The molecular weight excluding hydrogens is 1060 g/mol. The summed E-state index contributed by atoms with van der Waals surface area (Å²) in [6, 6.07) is -0.851. The van der Waals surface area contributed by atoms with Crippen LogP contribution in [0.3, 0.4) is 0 Å². The van der Waals surface area contributed by atoms with Gasteiger partial charge in [-0.05, 0) is 76.7 Å². The number of phosphoric acid groups is 1. The van der Waals surface area contributed by atoms with Crippen LogP contribution in [-0.2, 0) is 27.9 Å². The van der Waals surface area contributed by atoms with Crippen LogP contribution in [0.25, 0.3) is 0 Å². The minimum atomic E-state index is -4.45. The van der Waals surface area contributed by atoms with E-state index in [1.54, 1.807) is 0 Å². The van der Waals surface area contributed by atoms with Crippen LogP contribution in [0.1, 0.15) is 348 Å². The lowest BCUT2D eigenvalue weighted by atomic mass is 10.0. The molecule has 0 aliphatic carbocycles. The van der Waals surface area contributed by atoms with Crippen molar-refractivity contribution in [2.45, 2.75) is 360 Å². The number of nitrogens with zero attached hydrogens (tertiary/aromatic N) is 1. The molecule has 0 bridgehead atoms. The van der Waals surface area contributed by atoms with E-state index in [9.17, 15) is 19.0 Å². The predicted octanol–water partition coefficient (Wildman–Crippen LogP) is 23.0. The first-order valence-corrected chi connectivity index (χ1v) is 37.6. The first-order valence-electron chi connectivity index (χ1n) is 36.1. The summed E-state index contributed by atoms with van der Waals surface area (Å²) in [5.41, 5.74) is 0. The molecule has 0 saturated heterocycles. The largest absolute Gasteiger partial charge is 0.472 e. The van der Waals surface area contributed by atoms with Gasteiger partial charge in [0.2, 0.25) is 5.91 Å². The Balaban J connectivity index is 5.06. The van der Waals surface area contributed by atoms with Crippen molar-refractivity contribution >= 4 is 19.7 Å². The van der Waals surface area contributed by atoms with E-state index < -0.39 is 20.0 Å². The van der Waals surface area contributed by atoms with Crippen molar-refractivity contribution < 1.29 is 37.3 Å². The van der Waals surface area contributed by atoms with E-state index >= 15 is 0 Å². The minimum Gasteiger partial charge on any atom is -0.456 e. The van der Waals surface area contributed by atoms with E-state index in [0.29, 0.717) is 17.4 Å². The van der Waals surface area contributed by atoms with Crippen molar-refractivity contribution in [1.82, 2.24) is 5.32 Å². The number of rotatable bonds is 66. The summed E-state index contributed by atoms with van der Waals surface area (Å²) in [7, 11) is 1.50. The maximum atomic E-state index is 13.6. The third kappa shape index (κ3) is 64.2. The number of carbonyl (C=O) groups excluding carboxylic acids is 2. The molecule has 9 nitrogen and oxygen atoms in total. The molecule has 84 heavy (non-hydrogen) atoms. The Morgan fingerprint density at radius 1 is 0.417 bits per heavy atom. The lowest BCUT2D eigenvalue weighted by Crippen LogP contribution is -2.47. The Kier molecular flexibility index (Phi) is 62.0. The molecule has 10 heteroatoms. The van der Waals surface area contributed by atoms with Gasteiger partial charge in [0, 0.05) is 12.8 Å². The predicted molar refractivity (Wildman–Crippen MR) is 365 cm³/mol. The van der Waals surface area contributed by atoms with Crippen LogP contribution in [0.2, 0.25) is 0 Å². The highest BCUT2D eigenvalue weighted by atomic mass is 31.2. The van der Waals surface area contributed by atoms with Gasteiger partial charge in [-0.2, -0.15) is 0 Å². The molecule has 492 valence electrons. The maximum absolute atomic E-state index is 13.6. The number of quaternary nitrogens is 1. The maximum Gasteiger partial charge on any atom is 0.472 e. The van der Waals surface area contributed by atoms with Crippen LogP contribution in [0.4, 0.5) is 0 Å². The Morgan fingerprint density at radius 3 is 1.11 bits per heavy atom. The fourth-order valence-electron chi connectivity index (χ4n) is 10.6. The van der Waals surface area contributed by atoms with Gasteiger partial charge < -0.3 is 19.4 Å². The summed E-state index contributed by atoms with van der Waals surface area (Å²) in [4.78, 5) is 37.9. The van der Waals surface area contributed by atoms with Crippen molar-refractivity contribution in [2.75, 3.05) is 40.9 Å². The highest BCUT2D eigenvalue weighted by Gasteiger charge is 2.30. The minimum absolute atomic E-state index is 0.0400. The number of allylic oxidation sites excluding steroid dienone is 9. The van der Waals surface area contributed by atoms with Gasteiger partial charge in [-0.3, -0.25) is 18.6 Å². The Bertz CT molecular complexity index is 1620. The molecule has 0 aliphatic rings. The van der Waals surface area contributed by atoms with E-state index in [-0.39, 0.29) is 31.5 Å². The molecule has 0 radical (unpaired) electrons. The van der Waals surface area contributed by atoms with E-state index in [4.69, 9.17) is 13.8 Å². The summed E-state index contributed by atoms with van der Waals surface area (Å²) in [6.45, 7) is 7.03. The lowest BCUT2D eigenvalue weighted by molar-refractivity contribution is -0.870. The van der Waals surface area contributed by atoms with Crippen LogP contribution in [0.5, 0.6) is 0 Å². The number of carbonyl (C=O) groups is 2. The highest BCUT2D eigenvalue weighted by molar-refractivity contribution is 7.47. The van der Waals surface area contributed by atoms with Gasteiger partial charge in [-0.15, -0.1) is 0 Å². The lowest BCUT2D eigenvalue weighted by Gasteiger charge is -2.27. The fourth-order valence-corrected chi connectivity index (χ4v) is 11.4. The molecule has 0 spiro atoms. The van der Waals surface area contributed by atoms with Gasteiger partial charge in [-0.25, -0.2) is 4.57 Å². The molecule has 2 N–H and O–H groups in total. The monoisotopic (exact) mass is 1200 g/mol. The van der Waals surface area contributed by atoms with Crippen molar-refractivity contribution in [3.63, 3.8) is 0 Å². The van der Waals surface area contributed by atoms with Crippen LogP contribution >= 0.6 is 7.82 Å².